The number of aromatic nitrogens is 6. The third-order valence-electron chi connectivity index (χ3n) is 13.4. The fourth-order valence-corrected chi connectivity index (χ4v) is 9.85. The molecule has 21 nitrogen and oxygen atoms in total. The number of para-hydroxylation sites is 1. The first-order chi connectivity index (χ1) is 34.9. The molecule has 398 valence electrons. The second-order valence-electron chi connectivity index (χ2n) is 20.7. The van der Waals surface area contributed by atoms with Gasteiger partial charge in [0.15, 0.2) is 15.7 Å². The van der Waals surface area contributed by atoms with Crippen LogP contribution in [-0.2, 0) is 24.2 Å². The number of sulfone groups is 1. The Hall–Kier alpha value is -6.92. The van der Waals surface area contributed by atoms with E-state index < -0.39 is 85.1 Å². The molecule has 0 unspecified atom stereocenters. The van der Waals surface area contributed by atoms with E-state index in [0.717, 1.165) is 29.5 Å². The Morgan fingerprint density at radius 1 is 0.932 bits per heavy atom. The van der Waals surface area contributed by atoms with E-state index in [0.29, 0.717) is 67.5 Å². The second-order valence-corrected chi connectivity index (χ2v) is 23.4. The third-order valence-corrected chi connectivity index (χ3v) is 15.9. The molecule has 0 saturated carbocycles. The smallest absolute Gasteiger partial charge is 0.271 e. The molecule has 2 aliphatic rings. The molecule has 2 aromatic carbocycles. The number of aryl methyl sites for hydroxylation is 1. The molecule has 24 heteroatoms. The number of hydrogen-bond donors (Lipinski definition) is 6. The van der Waals surface area contributed by atoms with E-state index in [9.17, 15) is 36.4 Å². The van der Waals surface area contributed by atoms with Crippen LogP contribution in [0.1, 0.15) is 83.1 Å². The van der Waals surface area contributed by atoms with Crippen LogP contribution >= 0.6 is 0 Å². The molecule has 0 radical (unpaired) electrons. The maximum atomic E-state index is 14.7. The molecule has 2 saturated heterocycles. The average Bonchev–Trinajstić information content (AvgIpc) is 3.93. The minimum Gasteiger partial charge on any atom is -0.492 e. The number of benzene rings is 2. The van der Waals surface area contributed by atoms with Crippen LogP contribution in [0.2, 0.25) is 0 Å². The summed E-state index contributed by atoms with van der Waals surface area (Å²) in [5.74, 6) is -2.82. The van der Waals surface area contributed by atoms with E-state index in [1.54, 1.807) is 67.6 Å². The summed E-state index contributed by atoms with van der Waals surface area (Å²) in [6.07, 6.45) is 4.75. The van der Waals surface area contributed by atoms with Crippen LogP contribution in [0.15, 0.2) is 53.9 Å². The third kappa shape index (κ3) is 12.2. The van der Waals surface area contributed by atoms with E-state index in [2.05, 4.69) is 61.6 Å². The summed E-state index contributed by atoms with van der Waals surface area (Å²) in [6.45, 7) is 19.0. The van der Waals surface area contributed by atoms with Crippen molar-refractivity contribution in [2.45, 2.75) is 109 Å². The summed E-state index contributed by atoms with van der Waals surface area (Å²) in [5, 5.41) is 21.7. The van der Waals surface area contributed by atoms with Crippen molar-refractivity contribution >= 4 is 67.5 Å². The number of aromatic amines is 1. The van der Waals surface area contributed by atoms with E-state index in [-0.39, 0.29) is 35.9 Å². The number of carbonyl (C=O) groups is 4. The molecular formula is C50H66F2N14O7S. The highest BCUT2D eigenvalue weighted by Gasteiger charge is 2.46. The van der Waals surface area contributed by atoms with Crippen molar-refractivity contribution in [1.29, 1.82) is 0 Å². The monoisotopic (exact) mass is 1040 g/mol. The Kier molecular flexibility index (Phi) is 16.5. The highest BCUT2D eigenvalue weighted by molar-refractivity contribution is 7.92. The SMILES string of the molecule is CN[C@@H](C)C(=O)N[C@H](C(=O)N1C[C@H](NC(=O)c2cnc(N3CCN(CCCOc4cc5ncnc(Nc6n[nH]c(C)c6C)c5cc4S(=O)(=O)C(C)(C)C)CC3)cn2)C[C@@H]1C(=O)Nc1c(F)cccc1F)C(C)(C)C. The molecule has 74 heavy (non-hydrogen) atoms. The predicted octanol–water partition coefficient (Wildman–Crippen LogP) is 4.42. The summed E-state index contributed by atoms with van der Waals surface area (Å²) in [7, 11) is -2.27. The van der Waals surface area contributed by atoms with Gasteiger partial charge in [0.1, 0.15) is 63.7 Å². The van der Waals surface area contributed by atoms with Crippen molar-refractivity contribution < 1.29 is 41.1 Å². The number of amides is 4. The Morgan fingerprint density at radius 2 is 1.64 bits per heavy atom. The number of likely N-dealkylation sites (tertiary alicyclic amines) is 1. The lowest BCUT2D eigenvalue weighted by atomic mass is 9.85. The fourth-order valence-electron chi connectivity index (χ4n) is 8.54. The van der Waals surface area contributed by atoms with Crippen molar-refractivity contribution in [2.24, 2.45) is 5.41 Å². The number of fused-ring (bicyclic) bond motifs is 1. The standard InChI is InChI=1S/C50H66F2N14O7S/c1-28-29(2)62-63-43(28)61-44-32-22-39(74(71,72)50(7,8)9)38(23-35(32)56-27-57-44)73-20-12-15-64-16-18-65(19-17-64)40-25-54-36(24-55-40)46(68)58-31-21-37(47(69)59-41-33(51)13-11-14-34(41)52)66(26-31)48(70)42(49(4,5)6)60-45(67)30(3)53-10/h11,13-14,22-25,27,30-31,37,42,53H,12,15-21,26H2,1-10H3,(H,58,68)(H,59,69)(H,60,67)(H2,56,57,61,62,63)/t30-,31+,37+,42+/m0/s1. The van der Waals surface area contributed by atoms with E-state index in [1.807, 2.05) is 18.7 Å². The number of ether oxygens (including phenoxy) is 1. The van der Waals surface area contributed by atoms with Gasteiger partial charge in [-0.1, -0.05) is 26.8 Å². The highest BCUT2D eigenvalue weighted by Crippen LogP contribution is 2.37. The Bertz CT molecular complexity index is 2970. The summed E-state index contributed by atoms with van der Waals surface area (Å²) >= 11 is 0. The first-order valence-corrected chi connectivity index (χ1v) is 25.9. The summed E-state index contributed by atoms with van der Waals surface area (Å²) in [5.41, 5.74) is 0.778. The Balaban J connectivity index is 0.954. The van der Waals surface area contributed by atoms with Crippen molar-refractivity contribution in [3.05, 3.63) is 77.6 Å². The summed E-state index contributed by atoms with van der Waals surface area (Å²) < 4.78 is 62.3. The average molecular weight is 1050 g/mol. The van der Waals surface area contributed by atoms with Crippen molar-refractivity contribution in [3.8, 4) is 5.75 Å². The number of carbonyl (C=O) groups excluding carboxylic acids is 4. The molecule has 6 N–H and O–H groups in total. The highest BCUT2D eigenvalue weighted by atomic mass is 32.2. The first-order valence-electron chi connectivity index (χ1n) is 24.5. The summed E-state index contributed by atoms with van der Waals surface area (Å²) in [6, 6.07) is 2.52. The molecule has 0 spiro atoms. The first kappa shape index (κ1) is 54.8. The van der Waals surface area contributed by atoms with Crippen LogP contribution in [0.3, 0.4) is 0 Å². The van der Waals surface area contributed by atoms with Gasteiger partial charge in [0.05, 0.1) is 35.3 Å². The van der Waals surface area contributed by atoms with Gasteiger partial charge in [-0.2, -0.15) is 5.10 Å². The lowest BCUT2D eigenvalue weighted by molar-refractivity contribution is -0.143. The number of likely N-dealkylation sites (N-methyl/N-ethyl adjacent to an activating group) is 1. The van der Waals surface area contributed by atoms with Gasteiger partial charge in [-0.3, -0.25) is 29.2 Å². The second kappa shape index (κ2) is 22.3. The number of nitrogens with zero attached hydrogens (tertiary/aromatic N) is 8. The number of anilines is 4. The number of rotatable bonds is 17. The number of halogens is 2. The van der Waals surface area contributed by atoms with Gasteiger partial charge in [0.25, 0.3) is 5.91 Å². The van der Waals surface area contributed by atoms with Crippen LogP contribution in [-0.4, -0.2) is 154 Å². The lowest BCUT2D eigenvalue weighted by Crippen LogP contribution is -2.59. The molecule has 7 rings (SSSR count). The molecule has 0 aliphatic carbocycles. The molecule has 5 aromatic rings. The van der Waals surface area contributed by atoms with Crippen LogP contribution in [0.25, 0.3) is 10.9 Å². The van der Waals surface area contributed by atoms with Gasteiger partial charge in [-0.25, -0.2) is 37.1 Å². The minimum atomic E-state index is -3.87. The lowest BCUT2D eigenvalue weighted by Gasteiger charge is -2.36. The molecule has 2 aliphatic heterocycles. The largest absolute Gasteiger partial charge is 0.492 e. The molecule has 2 fully saturated rings. The zero-order valence-corrected chi connectivity index (χ0v) is 44.2. The van der Waals surface area contributed by atoms with Gasteiger partial charge in [0, 0.05) is 68.0 Å². The molecule has 5 heterocycles. The van der Waals surface area contributed by atoms with Gasteiger partial charge in [0.2, 0.25) is 17.7 Å². The Morgan fingerprint density at radius 3 is 2.24 bits per heavy atom. The Labute approximate surface area is 429 Å². The summed E-state index contributed by atoms with van der Waals surface area (Å²) in [4.78, 5) is 78.0. The van der Waals surface area contributed by atoms with Gasteiger partial charge in [-0.15, -0.1) is 0 Å². The van der Waals surface area contributed by atoms with Crippen molar-refractivity contribution in [3.63, 3.8) is 0 Å². The molecular weight excluding hydrogens is 979 g/mol. The van der Waals surface area contributed by atoms with Crippen LogP contribution in [0.4, 0.5) is 31.9 Å². The van der Waals surface area contributed by atoms with Crippen LogP contribution < -0.4 is 36.2 Å². The van der Waals surface area contributed by atoms with Gasteiger partial charge < -0.3 is 41.1 Å². The molecule has 3 aromatic heterocycles. The topological polar surface area (TPSA) is 262 Å². The van der Waals surface area contributed by atoms with Crippen LogP contribution in [0.5, 0.6) is 5.75 Å². The molecule has 0 bridgehead atoms. The number of nitrogens with one attached hydrogen (secondary N) is 6. The normalized spacial score (nSPS) is 17.5. The van der Waals surface area contributed by atoms with E-state index >= 15 is 0 Å². The van der Waals surface area contributed by atoms with E-state index in [1.165, 1.54) is 23.6 Å². The quantitative estimate of drug-likeness (QED) is 0.0705. The predicted molar refractivity (Wildman–Crippen MR) is 275 cm³/mol. The van der Waals surface area contributed by atoms with E-state index in [4.69, 9.17) is 4.74 Å². The maximum Gasteiger partial charge on any atom is 0.271 e. The van der Waals surface area contributed by atoms with Crippen molar-refractivity contribution in [1.82, 2.24) is 55.9 Å². The number of hydrogen-bond acceptors (Lipinski definition) is 16. The van der Waals surface area contributed by atoms with Crippen LogP contribution in [0, 0.1) is 30.9 Å². The van der Waals surface area contributed by atoms with Gasteiger partial charge >= 0.3 is 0 Å². The molecule has 4 amide bonds. The minimum absolute atomic E-state index is 0.0129. The molecule has 4 atom stereocenters. The number of H-pyrrole nitrogens is 1. The van der Waals surface area contributed by atoms with Crippen molar-refractivity contribution in [2.75, 3.05) is 68.5 Å². The zero-order valence-electron chi connectivity index (χ0n) is 43.4. The number of piperazine rings is 1. The maximum absolute atomic E-state index is 14.7. The zero-order chi connectivity index (χ0) is 53.9. The fraction of sp³-hybridized carbons (Fsp3) is 0.500. The van der Waals surface area contributed by atoms with Gasteiger partial charge in [-0.05, 0) is 85.0 Å².